The number of hydrogen-bond donors (Lipinski definition) is 1. The van der Waals surface area contributed by atoms with Gasteiger partial charge in [0.2, 0.25) is 5.91 Å². The van der Waals surface area contributed by atoms with Crippen LogP contribution in [-0.2, 0) is 4.79 Å². The Morgan fingerprint density at radius 1 is 1.53 bits per heavy atom. The van der Waals surface area contributed by atoms with E-state index < -0.39 is 0 Å². The van der Waals surface area contributed by atoms with Crippen LogP contribution in [0.3, 0.4) is 0 Å². The number of anilines is 1. The number of aryl methyl sites for hydroxylation is 1. The number of nitrogens with one attached hydrogen (secondary N) is 1. The maximum Gasteiger partial charge on any atom is 0.227 e. The van der Waals surface area contributed by atoms with Gasteiger partial charge in [-0.3, -0.25) is 4.79 Å². The average molecular weight is 246 g/mol. The van der Waals surface area contributed by atoms with Crippen molar-refractivity contribution < 1.29 is 4.79 Å². The third-order valence-corrected chi connectivity index (χ3v) is 4.14. The first kappa shape index (κ1) is 10.7. The summed E-state index contributed by atoms with van der Waals surface area (Å²) in [5.74, 6) is 0.913. The monoisotopic (exact) mass is 246 g/mol. The molecule has 1 aliphatic carbocycles. The summed E-state index contributed by atoms with van der Waals surface area (Å²) in [5.41, 5.74) is 1.88. The van der Waals surface area contributed by atoms with Crippen molar-refractivity contribution >= 4 is 33.1 Å². The van der Waals surface area contributed by atoms with Gasteiger partial charge >= 0.3 is 0 Å². The molecule has 2 unspecified atom stereocenters. The van der Waals surface area contributed by atoms with Crippen molar-refractivity contribution in [1.82, 2.24) is 4.98 Å². The molecule has 0 radical (unpaired) electrons. The third-order valence-electron chi connectivity index (χ3n) is 3.21. The molecule has 88 valence electrons. The molecule has 1 amide bonds. The smallest absolute Gasteiger partial charge is 0.227 e. The Morgan fingerprint density at radius 3 is 3.00 bits per heavy atom. The van der Waals surface area contributed by atoms with E-state index in [1.165, 1.54) is 0 Å². The summed E-state index contributed by atoms with van der Waals surface area (Å²) in [6.07, 6.45) is 1.02. The van der Waals surface area contributed by atoms with Crippen LogP contribution in [-0.4, -0.2) is 10.9 Å². The second kappa shape index (κ2) is 3.81. The third kappa shape index (κ3) is 2.05. The van der Waals surface area contributed by atoms with Gasteiger partial charge in [0.05, 0.1) is 15.2 Å². The Balaban J connectivity index is 1.83. The van der Waals surface area contributed by atoms with Crippen molar-refractivity contribution in [2.24, 2.45) is 11.8 Å². The molecule has 3 rings (SSSR count). The highest BCUT2D eigenvalue weighted by Crippen LogP contribution is 2.38. The molecule has 2 atom stereocenters. The van der Waals surface area contributed by atoms with Gasteiger partial charge in [-0.2, -0.15) is 0 Å². The van der Waals surface area contributed by atoms with Crippen LogP contribution in [0.5, 0.6) is 0 Å². The summed E-state index contributed by atoms with van der Waals surface area (Å²) in [6, 6.07) is 5.89. The zero-order valence-electron chi connectivity index (χ0n) is 9.86. The van der Waals surface area contributed by atoms with Gasteiger partial charge in [-0.1, -0.05) is 6.92 Å². The fraction of sp³-hybridized carbons (Fsp3) is 0.385. The van der Waals surface area contributed by atoms with E-state index in [-0.39, 0.29) is 11.8 Å². The lowest BCUT2D eigenvalue weighted by Crippen LogP contribution is -2.14. The fourth-order valence-electron chi connectivity index (χ4n) is 2.04. The molecule has 1 heterocycles. The number of carbonyl (C=O) groups is 1. The zero-order valence-corrected chi connectivity index (χ0v) is 10.7. The highest BCUT2D eigenvalue weighted by Gasteiger charge is 2.39. The van der Waals surface area contributed by atoms with E-state index in [2.05, 4.69) is 17.2 Å². The van der Waals surface area contributed by atoms with Gasteiger partial charge in [0.25, 0.3) is 0 Å². The van der Waals surface area contributed by atoms with Crippen molar-refractivity contribution in [3.05, 3.63) is 23.2 Å². The van der Waals surface area contributed by atoms with Crippen molar-refractivity contribution in [1.29, 1.82) is 0 Å². The minimum atomic E-state index is 0.151. The quantitative estimate of drug-likeness (QED) is 0.884. The maximum atomic E-state index is 11.8. The van der Waals surface area contributed by atoms with Crippen molar-refractivity contribution in [2.75, 3.05) is 5.32 Å². The first-order valence-corrected chi connectivity index (χ1v) is 6.63. The molecule has 4 heteroatoms. The number of fused-ring (bicyclic) bond motifs is 1. The number of aromatic nitrogens is 1. The molecule has 0 spiro atoms. The minimum Gasteiger partial charge on any atom is -0.326 e. The van der Waals surface area contributed by atoms with Crippen molar-refractivity contribution in [3.63, 3.8) is 0 Å². The highest BCUT2D eigenvalue weighted by atomic mass is 32.1. The number of carbonyl (C=O) groups excluding carboxylic acids is 1. The Labute approximate surface area is 104 Å². The molecule has 17 heavy (non-hydrogen) atoms. The summed E-state index contributed by atoms with van der Waals surface area (Å²) in [7, 11) is 0. The summed E-state index contributed by atoms with van der Waals surface area (Å²) >= 11 is 1.66. The second-order valence-corrected chi connectivity index (χ2v) is 5.96. The first-order valence-electron chi connectivity index (χ1n) is 5.81. The van der Waals surface area contributed by atoms with Crippen LogP contribution in [0.4, 0.5) is 5.69 Å². The van der Waals surface area contributed by atoms with Crippen LogP contribution in [0, 0.1) is 18.8 Å². The molecule has 1 saturated carbocycles. The standard InChI is InChI=1S/C13H14N2OS/c1-7-5-10(7)13(16)15-9-3-4-11-12(6-9)17-8(2)14-11/h3-4,6-7,10H,5H2,1-2H3,(H,15,16). The Kier molecular flexibility index (Phi) is 2.40. The van der Waals surface area contributed by atoms with Gasteiger partial charge in [0.1, 0.15) is 0 Å². The average Bonchev–Trinajstić information content (AvgIpc) is 2.87. The summed E-state index contributed by atoms with van der Waals surface area (Å²) in [6.45, 7) is 4.11. The number of benzene rings is 1. The van der Waals surface area contributed by atoms with E-state index in [9.17, 15) is 4.79 Å². The Hall–Kier alpha value is -1.42. The van der Waals surface area contributed by atoms with Crippen LogP contribution in [0.15, 0.2) is 18.2 Å². The molecule has 1 fully saturated rings. The van der Waals surface area contributed by atoms with Gasteiger partial charge in [-0.15, -0.1) is 11.3 Å². The minimum absolute atomic E-state index is 0.151. The summed E-state index contributed by atoms with van der Waals surface area (Å²) in [5, 5.41) is 4.03. The summed E-state index contributed by atoms with van der Waals surface area (Å²) < 4.78 is 1.13. The molecular formula is C13H14N2OS. The van der Waals surface area contributed by atoms with Gasteiger partial charge in [-0.25, -0.2) is 4.98 Å². The van der Waals surface area contributed by atoms with Crippen LogP contribution >= 0.6 is 11.3 Å². The maximum absolute atomic E-state index is 11.8. The van der Waals surface area contributed by atoms with E-state index in [4.69, 9.17) is 0 Å². The van der Waals surface area contributed by atoms with E-state index in [1.54, 1.807) is 11.3 Å². The van der Waals surface area contributed by atoms with E-state index in [0.717, 1.165) is 27.3 Å². The molecule has 1 N–H and O–H groups in total. The normalized spacial score (nSPS) is 22.7. The number of amides is 1. The van der Waals surface area contributed by atoms with Gasteiger partial charge < -0.3 is 5.32 Å². The van der Waals surface area contributed by atoms with Crippen molar-refractivity contribution in [3.8, 4) is 0 Å². The predicted octanol–water partition coefficient (Wildman–Crippen LogP) is 3.20. The van der Waals surface area contributed by atoms with E-state index in [1.807, 2.05) is 25.1 Å². The SMILES string of the molecule is Cc1nc2ccc(NC(=O)C3CC3C)cc2s1. The predicted molar refractivity (Wildman–Crippen MR) is 70.3 cm³/mol. The molecule has 1 aromatic carbocycles. The molecule has 0 saturated heterocycles. The summed E-state index contributed by atoms with van der Waals surface area (Å²) in [4.78, 5) is 16.2. The Morgan fingerprint density at radius 2 is 2.29 bits per heavy atom. The number of rotatable bonds is 2. The molecule has 2 aromatic rings. The van der Waals surface area contributed by atoms with E-state index in [0.29, 0.717) is 5.92 Å². The van der Waals surface area contributed by atoms with Gasteiger partial charge in [0.15, 0.2) is 0 Å². The topological polar surface area (TPSA) is 42.0 Å². The molecular weight excluding hydrogens is 232 g/mol. The van der Waals surface area contributed by atoms with Crippen molar-refractivity contribution in [2.45, 2.75) is 20.3 Å². The Bertz CT molecular complexity index is 590. The van der Waals surface area contributed by atoms with Crippen LogP contribution in [0.1, 0.15) is 18.4 Å². The lowest BCUT2D eigenvalue weighted by molar-refractivity contribution is -0.117. The number of hydrogen-bond acceptors (Lipinski definition) is 3. The van der Waals surface area contributed by atoms with Crippen LogP contribution in [0.25, 0.3) is 10.2 Å². The van der Waals surface area contributed by atoms with Gasteiger partial charge in [-0.05, 0) is 37.5 Å². The number of thiazole rings is 1. The largest absolute Gasteiger partial charge is 0.326 e. The zero-order chi connectivity index (χ0) is 12.0. The molecule has 1 aliphatic rings. The van der Waals surface area contributed by atoms with Gasteiger partial charge in [0, 0.05) is 11.6 Å². The molecule has 3 nitrogen and oxygen atoms in total. The highest BCUT2D eigenvalue weighted by molar-refractivity contribution is 7.18. The molecule has 0 aliphatic heterocycles. The lowest BCUT2D eigenvalue weighted by atomic mass is 10.2. The first-order chi connectivity index (χ1) is 8.13. The van der Waals surface area contributed by atoms with Crippen LogP contribution < -0.4 is 5.32 Å². The molecule has 1 aromatic heterocycles. The lowest BCUT2D eigenvalue weighted by Gasteiger charge is -2.03. The second-order valence-electron chi connectivity index (χ2n) is 4.72. The van der Waals surface area contributed by atoms with E-state index >= 15 is 0 Å². The number of nitrogens with zero attached hydrogens (tertiary/aromatic N) is 1. The fourth-order valence-corrected chi connectivity index (χ4v) is 2.91. The van der Waals surface area contributed by atoms with Crippen LogP contribution in [0.2, 0.25) is 0 Å². The molecule has 0 bridgehead atoms.